The number of methoxy groups -OCH3 is 1. The van der Waals surface area contributed by atoms with Crippen molar-refractivity contribution in [2.24, 2.45) is 0 Å². The van der Waals surface area contributed by atoms with Gasteiger partial charge in [-0.15, -0.1) is 0 Å². The quantitative estimate of drug-likeness (QED) is 0.571. The summed E-state index contributed by atoms with van der Waals surface area (Å²) >= 11 is 0. The summed E-state index contributed by atoms with van der Waals surface area (Å²) in [7, 11) is 1.27. The highest BCUT2D eigenvalue weighted by atomic mass is 16.5. The highest BCUT2D eigenvalue weighted by Crippen LogP contribution is 2.15. The van der Waals surface area contributed by atoms with Crippen LogP contribution in [0, 0.1) is 0 Å². The van der Waals surface area contributed by atoms with Crippen LogP contribution < -0.4 is 0 Å². The predicted molar refractivity (Wildman–Crippen MR) is 50.6 cm³/mol. The fourth-order valence-corrected chi connectivity index (χ4v) is 1.24. The zero-order valence-electron chi connectivity index (χ0n) is 7.85. The molecule has 0 bridgehead atoms. The monoisotopic (exact) mass is 205 g/mol. The third kappa shape index (κ3) is 1.45. The number of carbonyl (C=O) groups is 2. The molecule has 0 radical (unpaired) electrons. The van der Waals surface area contributed by atoms with E-state index in [4.69, 9.17) is 0 Å². The smallest absolute Gasteiger partial charge is 0.356 e. The molecule has 0 unspecified atom stereocenters. The van der Waals surface area contributed by atoms with Crippen LogP contribution in [0.4, 0.5) is 0 Å². The molecule has 2 aromatic rings. The lowest BCUT2D eigenvalue weighted by Gasteiger charge is -1.95. The molecule has 2 aromatic heterocycles. The second-order valence-electron chi connectivity index (χ2n) is 2.85. The highest BCUT2D eigenvalue weighted by molar-refractivity contribution is 6.01. The second kappa shape index (κ2) is 3.49. The van der Waals surface area contributed by atoms with Crippen molar-refractivity contribution < 1.29 is 14.3 Å². The first-order valence-corrected chi connectivity index (χ1v) is 4.14. The maximum Gasteiger partial charge on any atom is 0.356 e. The molecule has 0 saturated heterocycles. The summed E-state index contributed by atoms with van der Waals surface area (Å²) in [5.74, 6) is -0.539. The molecular formula is C9H7N3O3. The molecule has 6 heteroatoms. The van der Waals surface area contributed by atoms with Gasteiger partial charge >= 0.3 is 5.97 Å². The molecule has 76 valence electrons. The minimum Gasteiger partial charge on any atom is -0.464 e. The van der Waals surface area contributed by atoms with E-state index < -0.39 is 5.97 Å². The van der Waals surface area contributed by atoms with E-state index in [0.717, 1.165) is 0 Å². The Kier molecular flexibility index (Phi) is 2.17. The van der Waals surface area contributed by atoms with E-state index in [-0.39, 0.29) is 5.69 Å². The standard InChI is InChI=1S/C9H7N3O3/c1-15-9(14)7-6-2-5(4-13)3-10-8(6)12-11-7/h2-4H,1H3,(H,10,11,12). The molecule has 0 spiro atoms. The van der Waals surface area contributed by atoms with Crippen LogP contribution in [0.5, 0.6) is 0 Å². The van der Waals surface area contributed by atoms with Crippen molar-refractivity contribution >= 4 is 23.3 Å². The van der Waals surface area contributed by atoms with E-state index >= 15 is 0 Å². The number of H-pyrrole nitrogens is 1. The third-order valence-electron chi connectivity index (χ3n) is 1.96. The van der Waals surface area contributed by atoms with Gasteiger partial charge < -0.3 is 4.74 Å². The molecule has 0 atom stereocenters. The number of nitrogens with one attached hydrogen (secondary N) is 1. The van der Waals surface area contributed by atoms with Gasteiger partial charge in [0.15, 0.2) is 17.6 Å². The Morgan fingerprint density at radius 1 is 1.60 bits per heavy atom. The molecule has 1 N–H and O–H groups in total. The fourth-order valence-electron chi connectivity index (χ4n) is 1.24. The molecule has 0 aromatic carbocycles. The van der Waals surface area contributed by atoms with Crippen LogP contribution in [0.2, 0.25) is 0 Å². The summed E-state index contributed by atoms with van der Waals surface area (Å²) in [5.41, 5.74) is 0.957. The van der Waals surface area contributed by atoms with Crippen molar-refractivity contribution in [2.45, 2.75) is 0 Å². The van der Waals surface area contributed by atoms with Crippen molar-refractivity contribution in [1.29, 1.82) is 0 Å². The van der Waals surface area contributed by atoms with E-state index in [2.05, 4.69) is 19.9 Å². The molecule has 0 aliphatic heterocycles. The molecule has 0 aliphatic rings. The Labute approximate surface area is 84.3 Å². The van der Waals surface area contributed by atoms with Gasteiger partial charge in [0.05, 0.1) is 12.5 Å². The number of hydrogen-bond donors (Lipinski definition) is 1. The average molecular weight is 205 g/mol. The fraction of sp³-hybridized carbons (Fsp3) is 0.111. The van der Waals surface area contributed by atoms with Crippen molar-refractivity contribution in [2.75, 3.05) is 7.11 Å². The van der Waals surface area contributed by atoms with E-state index in [1.807, 2.05) is 0 Å². The van der Waals surface area contributed by atoms with Crippen LogP contribution >= 0.6 is 0 Å². The van der Waals surface area contributed by atoms with Crippen molar-refractivity contribution in [3.8, 4) is 0 Å². The number of pyridine rings is 1. The SMILES string of the molecule is COC(=O)c1[nH]nc2ncc(C=O)cc12. The first-order valence-electron chi connectivity index (χ1n) is 4.14. The van der Waals surface area contributed by atoms with E-state index in [0.29, 0.717) is 22.9 Å². The number of aromatic amines is 1. The molecular weight excluding hydrogens is 198 g/mol. The number of rotatable bonds is 2. The number of carbonyl (C=O) groups excluding carboxylic acids is 2. The average Bonchev–Trinajstić information content (AvgIpc) is 2.70. The van der Waals surface area contributed by atoms with E-state index in [9.17, 15) is 9.59 Å². The number of hydrogen-bond acceptors (Lipinski definition) is 5. The van der Waals surface area contributed by atoms with Crippen LogP contribution in [0.25, 0.3) is 11.0 Å². The number of nitrogens with zero attached hydrogens (tertiary/aromatic N) is 2. The predicted octanol–water partition coefficient (Wildman–Crippen LogP) is 0.557. The minimum absolute atomic E-state index is 0.198. The summed E-state index contributed by atoms with van der Waals surface area (Å²) in [5, 5.41) is 6.80. The van der Waals surface area contributed by atoms with Gasteiger partial charge in [0.1, 0.15) is 0 Å². The highest BCUT2D eigenvalue weighted by Gasteiger charge is 2.14. The maximum absolute atomic E-state index is 11.3. The lowest BCUT2D eigenvalue weighted by Crippen LogP contribution is -2.02. The Morgan fingerprint density at radius 2 is 2.40 bits per heavy atom. The van der Waals surface area contributed by atoms with Crippen LogP contribution in [0.3, 0.4) is 0 Å². The Bertz CT molecular complexity index is 532. The van der Waals surface area contributed by atoms with Gasteiger partial charge in [-0.2, -0.15) is 5.10 Å². The Hall–Kier alpha value is -2.24. The van der Waals surface area contributed by atoms with E-state index in [1.165, 1.54) is 19.4 Å². The second-order valence-corrected chi connectivity index (χ2v) is 2.85. The van der Waals surface area contributed by atoms with Crippen LogP contribution in [-0.2, 0) is 4.74 Å². The molecule has 0 aliphatic carbocycles. The zero-order valence-corrected chi connectivity index (χ0v) is 7.85. The van der Waals surface area contributed by atoms with Gasteiger partial charge in [0.25, 0.3) is 0 Å². The number of ether oxygens (including phenoxy) is 1. The van der Waals surface area contributed by atoms with Gasteiger partial charge in [-0.1, -0.05) is 0 Å². The molecule has 15 heavy (non-hydrogen) atoms. The van der Waals surface area contributed by atoms with Crippen LogP contribution in [0.1, 0.15) is 20.8 Å². The van der Waals surface area contributed by atoms with Crippen molar-refractivity contribution in [1.82, 2.24) is 15.2 Å². The van der Waals surface area contributed by atoms with Gasteiger partial charge in [0, 0.05) is 11.8 Å². The first kappa shape index (κ1) is 9.32. The minimum atomic E-state index is -0.539. The number of fused-ring (bicyclic) bond motifs is 1. The maximum atomic E-state index is 11.3. The normalized spacial score (nSPS) is 10.2. The van der Waals surface area contributed by atoms with Crippen LogP contribution in [0.15, 0.2) is 12.3 Å². The molecule has 2 heterocycles. The topological polar surface area (TPSA) is 84.9 Å². The summed E-state index contributed by atoms with van der Waals surface area (Å²) in [6, 6.07) is 1.53. The van der Waals surface area contributed by atoms with Crippen LogP contribution in [-0.4, -0.2) is 34.5 Å². The number of aromatic nitrogens is 3. The van der Waals surface area contributed by atoms with Crippen molar-refractivity contribution in [3.05, 3.63) is 23.5 Å². The van der Waals surface area contributed by atoms with Gasteiger partial charge in [-0.05, 0) is 6.07 Å². The Balaban J connectivity index is 2.66. The lowest BCUT2D eigenvalue weighted by molar-refractivity contribution is 0.0596. The van der Waals surface area contributed by atoms with Crippen molar-refractivity contribution in [3.63, 3.8) is 0 Å². The van der Waals surface area contributed by atoms with Gasteiger partial charge in [-0.3, -0.25) is 9.89 Å². The van der Waals surface area contributed by atoms with Gasteiger partial charge in [0.2, 0.25) is 0 Å². The third-order valence-corrected chi connectivity index (χ3v) is 1.96. The van der Waals surface area contributed by atoms with E-state index in [1.54, 1.807) is 0 Å². The summed E-state index contributed by atoms with van der Waals surface area (Å²) < 4.78 is 4.55. The zero-order chi connectivity index (χ0) is 10.8. The molecule has 6 nitrogen and oxygen atoms in total. The molecule has 2 rings (SSSR count). The van der Waals surface area contributed by atoms with Gasteiger partial charge in [-0.25, -0.2) is 9.78 Å². The Morgan fingerprint density at radius 3 is 3.07 bits per heavy atom. The molecule has 0 amide bonds. The number of esters is 1. The lowest BCUT2D eigenvalue weighted by atomic mass is 10.2. The number of aldehydes is 1. The summed E-state index contributed by atoms with van der Waals surface area (Å²) in [4.78, 5) is 25.7. The summed E-state index contributed by atoms with van der Waals surface area (Å²) in [6.45, 7) is 0. The molecule has 0 saturated carbocycles. The first-order chi connectivity index (χ1) is 7.26. The summed E-state index contributed by atoms with van der Waals surface area (Å²) in [6.07, 6.45) is 2.04. The largest absolute Gasteiger partial charge is 0.464 e. The molecule has 0 fully saturated rings.